The summed E-state index contributed by atoms with van der Waals surface area (Å²) in [5, 5.41) is 3.79. The van der Waals surface area contributed by atoms with Crippen LogP contribution in [0.5, 0.6) is 17.2 Å². The van der Waals surface area contributed by atoms with Gasteiger partial charge < -0.3 is 19.5 Å². The van der Waals surface area contributed by atoms with Crippen LogP contribution in [0.4, 0.5) is 0 Å². The first kappa shape index (κ1) is 17.5. The molecule has 0 bridgehead atoms. The maximum atomic E-state index is 12.0. The molecule has 0 radical (unpaired) electrons. The van der Waals surface area contributed by atoms with Crippen molar-refractivity contribution in [3.05, 3.63) is 60.3 Å². The molecule has 0 unspecified atom stereocenters. The summed E-state index contributed by atoms with van der Waals surface area (Å²) in [6, 6.07) is 14.9. The zero-order valence-electron chi connectivity index (χ0n) is 14.7. The van der Waals surface area contributed by atoms with Crippen molar-refractivity contribution in [3.8, 4) is 17.2 Å². The van der Waals surface area contributed by atoms with Crippen LogP contribution in [0.25, 0.3) is 10.9 Å². The topological polar surface area (TPSA) is 69.7 Å². The van der Waals surface area contributed by atoms with Crippen LogP contribution in [-0.2, 0) is 11.3 Å². The van der Waals surface area contributed by atoms with E-state index in [1.165, 1.54) is 0 Å². The number of carbonyl (C=O) groups is 1. The number of carbonyl (C=O) groups excluding carboxylic acids is 1. The van der Waals surface area contributed by atoms with Crippen LogP contribution in [0.2, 0.25) is 0 Å². The Bertz CT molecular complexity index is 911. The summed E-state index contributed by atoms with van der Waals surface area (Å²) in [6.07, 6.45) is 1.74. The summed E-state index contributed by atoms with van der Waals surface area (Å²) in [4.78, 5) is 16.3. The molecule has 1 aromatic heterocycles. The van der Waals surface area contributed by atoms with Crippen molar-refractivity contribution in [2.75, 3.05) is 20.8 Å². The van der Waals surface area contributed by atoms with E-state index in [9.17, 15) is 4.79 Å². The molecular formula is C20H20N2O4. The molecule has 0 aliphatic rings. The first-order chi connectivity index (χ1) is 12.7. The first-order valence-corrected chi connectivity index (χ1v) is 8.15. The average Bonchev–Trinajstić information content (AvgIpc) is 2.70. The van der Waals surface area contributed by atoms with E-state index in [-0.39, 0.29) is 12.5 Å². The zero-order chi connectivity index (χ0) is 18.4. The molecule has 0 saturated heterocycles. The van der Waals surface area contributed by atoms with Gasteiger partial charge in [-0.1, -0.05) is 12.1 Å². The fourth-order valence-electron chi connectivity index (χ4n) is 2.53. The molecule has 0 aliphatic carbocycles. The fourth-order valence-corrected chi connectivity index (χ4v) is 2.53. The van der Waals surface area contributed by atoms with E-state index in [4.69, 9.17) is 14.2 Å². The van der Waals surface area contributed by atoms with Crippen molar-refractivity contribution in [3.63, 3.8) is 0 Å². The number of nitrogens with zero attached hydrogens (tertiary/aromatic N) is 1. The standard InChI is InChI=1S/C20H20N2O4/c1-24-18-8-5-14(10-19(18)25-2)12-22-20(23)13-26-16-6-7-17-15(11-16)4-3-9-21-17/h3-11H,12-13H2,1-2H3,(H,22,23). The number of fused-ring (bicyclic) bond motifs is 1. The molecule has 6 nitrogen and oxygen atoms in total. The number of hydrogen-bond donors (Lipinski definition) is 1. The second-order valence-corrected chi connectivity index (χ2v) is 5.61. The van der Waals surface area contributed by atoms with Crippen molar-refractivity contribution in [2.24, 2.45) is 0 Å². The lowest BCUT2D eigenvalue weighted by molar-refractivity contribution is -0.123. The van der Waals surface area contributed by atoms with Gasteiger partial charge in [0.05, 0.1) is 19.7 Å². The molecule has 2 aromatic carbocycles. The highest BCUT2D eigenvalue weighted by Gasteiger charge is 2.07. The summed E-state index contributed by atoms with van der Waals surface area (Å²) in [7, 11) is 3.16. The quantitative estimate of drug-likeness (QED) is 0.708. The zero-order valence-corrected chi connectivity index (χ0v) is 14.7. The summed E-state index contributed by atoms with van der Waals surface area (Å²) in [5.74, 6) is 1.70. The molecule has 0 aliphatic heterocycles. The van der Waals surface area contributed by atoms with Crippen molar-refractivity contribution in [1.29, 1.82) is 0 Å². The molecule has 26 heavy (non-hydrogen) atoms. The maximum absolute atomic E-state index is 12.0. The Morgan fingerprint density at radius 2 is 1.88 bits per heavy atom. The van der Waals surface area contributed by atoms with Gasteiger partial charge in [-0.25, -0.2) is 0 Å². The van der Waals surface area contributed by atoms with E-state index in [1.807, 2.05) is 36.4 Å². The molecule has 0 saturated carbocycles. The lowest BCUT2D eigenvalue weighted by atomic mass is 10.2. The van der Waals surface area contributed by atoms with Gasteiger partial charge in [0.15, 0.2) is 18.1 Å². The van der Waals surface area contributed by atoms with Crippen LogP contribution in [0, 0.1) is 0 Å². The van der Waals surface area contributed by atoms with Crippen molar-refractivity contribution in [2.45, 2.75) is 6.54 Å². The number of pyridine rings is 1. The molecular weight excluding hydrogens is 332 g/mol. The predicted molar refractivity (Wildman–Crippen MR) is 98.6 cm³/mol. The van der Waals surface area contributed by atoms with E-state index in [1.54, 1.807) is 32.5 Å². The third kappa shape index (κ3) is 4.22. The van der Waals surface area contributed by atoms with Crippen LogP contribution in [0.1, 0.15) is 5.56 Å². The van der Waals surface area contributed by atoms with Crippen LogP contribution in [-0.4, -0.2) is 31.7 Å². The molecule has 6 heteroatoms. The van der Waals surface area contributed by atoms with E-state index >= 15 is 0 Å². The SMILES string of the molecule is COc1ccc(CNC(=O)COc2ccc3ncccc3c2)cc1OC. The maximum Gasteiger partial charge on any atom is 0.258 e. The second-order valence-electron chi connectivity index (χ2n) is 5.61. The van der Waals surface area contributed by atoms with E-state index < -0.39 is 0 Å². The molecule has 134 valence electrons. The molecule has 3 aromatic rings. The lowest BCUT2D eigenvalue weighted by Gasteiger charge is -2.11. The van der Waals surface area contributed by atoms with Gasteiger partial charge in [0, 0.05) is 18.1 Å². The monoisotopic (exact) mass is 352 g/mol. The molecule has 0 fully saturated rings. The Morgan fingerprint density at radius 1 is 1.04 bits per heavy atom. The van der Waals surface area contributed by atoms with Crippen molar-refractivity contribution in [1.82, 2.24) is 10.3 Å². The van der Waals surface area contributed by atoms with E-state index in [0.717, 1.165) is 16.5 Å². The van der Waals surface area contributed by atoms with Crippen molar-refractivity contribution >= 4 is 16.8 Å². The number of aromatic nitrogens is 1. The minimum atomic E-state index is -0.203. The third-order valence-electron chi connectivity index (χ3n) is 3.88. The normalized spacial score (nSPS) is 10.4. The number of hydrogen-bond acceptors (Lipinski definition) is 5. The Balaban J connectivity index is 1.53. The van der Waals surface area contributed by atoms with Crippen LogP contribution < -0.4 is 19.5 Å². The average molecular weight is 352 g/mol. The Morgan fingerprint density at radius 3 is 2.69 bits per heavy atom. The highest BCUT2D eigenvalue weighted by molar-refractivity contribution is 5.80. The molecule has 3 rings (SSSR count). The van der Waals surface area contributed by atoms with Gasteiger partial charge >= 0.3 is 0 Å². The minimum Gasteiger partial charge on any atom is -0.493 e. The van der Waals surface area contributed by atoms with Crippen LogP contribution >= 0.6 is 0 Å². The summed E-state index contributed by atoms with van der Waals surface area (Å²) < 4.78 is 16.0. The summed E-state index contributed by atoms with van der Waals surface area (Å²) in [6.45, 7) is 0.323. The van der Waals surface area contributed by atoms with Gasteiger partial charge in [0.2, 0.25) is 0 Å². The number of nitrogens with one attached hydrogen (secondary N) is 1. The number of benzene rings is 2. The molecule has 1 amide bonds. The first-order valence-electron chi connectivity index (χ1n) is 8.15. The summed E-state index contributed by atoms with van der Waals surface area (Å²) >= 11 is 0. The van der Waals surface area contributed by atoms with E-state index in [2.05, 4.69) is 10.3 Å². The second kappa shape index (κ2) is 8.20. The molecule has 0 atom stereocenters. The highest BCUT2D eigenvalue weighted by Crippen LogP contribution is 2.27. The molecule has 1 heterocycles. The van der Waals surface area contributed by atoms with Gasteiger partial charge in [-0.15, -0.1) is 0 Å². The van der Waals surface area contributed by atoms with Gasteiger partial charge in [-0.2, -0.15) is 0 Å². The predicted octanol–water partition coefficient (Wildman–Crippen LogP) is 2.95. The number of methoxy groups -OCH3 is 2. The molecule has 1 N–H and O–H groups in total. The van der Waals surface area contributed by atoms with Gasteiger partial charge in [-0.3, -0.25) is 9.78 Å². The van der Waals surface area contributed by atoms with Crippen LogP contribution in [0.15, 0.2) is 54.7 Å². The number of rotatable bonds is 7. The fraction of sp³-hybridized carbons (Fsp3) is 0.200. The van der Waals surface area contributed by atoms with E-state index in [0.29, 0.717) is 23.8 Å². The minimum absolute atomic E-state index is 0.0565. The van der Waals surface area contributed by atoms with Gasteiger partial charge in [0.25, 0.3) is 5.91 Å². The van der Waals surface area contributed by atoms with Crippen molar-refractivity contribution < 1.29 is 19.0 Å². The lowest BCUT2D eigenvalue weighted by Crippen LogP contribution is -2.28. The Labute approximate surface area is 151 Å². The highest BCUT2D eigenvalue weighted by atomic mass is 16.5. The Hall–Kier alpha value is -3.28. The Kier molecular flexibility index (Phi) is 5.53. The van der Waals surface area contributed by atoms with Gasteiger partial charge in [0.1, 0.15) is 5.75 Å². The smallest absolute Gasteiger partial charge is 0.258 e. The number of amides is 1. The van der Waals surface area contributed by atoms with Gasteiger partial charge in [-0.05, 0) is 42.0 Å². The van der Waals surface area contributed by atoms with Crippen LogP contribution in [0.3, 0.4) is 0 Å². The summed E-state index contributed by atoms with van der Waals surface area (Å²) in [5.41, 5.74) is 1.80. The largest absolute Gasteiger partial charge is 0.493 e. The molecule has 0 spiro atoms. The third-order valence-corrected chi connectivity index (χ3v) is 3.88. The number of ether oxygens (including phenoxy) is 3.